The lowest BCUT2D eigenvalue weighted by atomic mass is 9.89. The molecule has 2 aliphatic rings. The normalized spacial score (nSPS) is 28.2. The quantitative estimate of drug-likeness (QED) is 0.0987. The van der Waals surface area contributed by atoms with Gasteiger partial charge in [-0.25, -0.2) is 0 Å². The predicted octanol–water partition coefficient (Wildman–Crippen LogP) is 3.07. The van der Waals surface area contributed by atoms with Crippen LogP contribution in [0, 0.1) is 0 Å². The summed E-state index contributed by atoms with van der Waals surface area (Å²) in [6.45, 7) is 4.38. The number of hydrogen-bond acceptors (Lipinski definition) is 9. The summed E-state index contributed by atoms with van der Waals surface area (Å²) in [6, 6.07) is 0. The molecule has 1 saturated heterocycles. The van der Waals surface area contributed by atoms with Crippen LogP contribution in [0.15, 0.2) is 36.0 Å². The van der Waals surface area contributed by atoms with Gasteiger partial charge in [-0.15, -0.1) is 0 Å². The molecule has 0 radical (unpaired) electrons. The predicted molar refractivity (Wildman–Crippen MR) is 126 cm³/mol. The number of rotatable bonds is 13. The van der Waals surface area contributed by atoms with Crippen LogP contribution in [0.5, 0.6) is 0 Å². The van der Waals surface area contributed by atoms with Crippen molar-refractivity contribution in [1.82, 2.24) is 0 Å². The molecular formula is C25H33ClO9. The van der Waals surface area contributed by atoms with Crippen molar-refractivity contribution in [3.63, 3.8) is 0 Å². The van der Waals surface area contributed by atoms with E-state index in [1.807, 2.05) is 25.2 Å². The summed E-state index contributed by atoms with van der Waals surface area (Å²) in [4.78, 5) is 48.1. The number of fused-ring (bicyclic) bond motifs is 1. The Kier molecular flexibility index (Phi) is 10.2. The number of halogens is 1. The van der Waals surface area contributed by atoms with Crippen molar-refractivity contribution >= 4 is 35.3 Å². The number of alkyl halides is 1. The Labute approximate surface area is 210 Å². The number of ketones is 1. The van der Waals surface area contributed by atoms with Crippen LogP contribution in [0.1, 0.15) is 59.3 Å². The van der Waals surface area contributed by atoms with Crippen molar-refractivity contribution < 1.29 is 43.2 Å². The second-order valence-corrected chi connectivity index (χ2v) is 9.02. The van der Waals surface area contributed by atoms with Crippen LogP contribution in [0.4, 0.5) is 0 Å². The lowest BCUT2D eigenvalue weighted by Crippen LogP contribution is -2.39. The van der Waals surface area contributed by atoms with Crippen molar-refractivity contribution in [1.29, 1.82) is 0 Å². The number of Topliss-reactive ketones (excluding diaryl/α,β-unsaturated/α-hetero) is 1. The van der Waals surface area contributed by atoms with Crippen LogP contribution in [0.3, 0.4) is 0 Å². The summed E-state index contributed by atoms with van der Waals surface area (Å²) in [6.07, 6.45) is 7.73. The Morgan fingerprint density at radius 1 is 1.14 bits per heavy atom. The van der Waals surface area contributed by atoms with Crippen LogP contribution in [-0.2, 0) is 38.1 Å². The van der Waals surface area contributed by atoms with Crippen molar-refractivity contribution in [3.05, 3.63) is 36.0 Å². The topological polar surface area (TPSA) is 129 Å². The highest BCUT2D eigenvalue weighted by Crippen LogP contribution is 2.59. The Hall–Kier alpha value is -2.49. The van der Waals surface area contributed by atoms with Gasteiger partial charge in [0.05, 0.1) is 7.11 Å². The van der Waals surface area contributed by atoms with E-state index < -0.39 is 52.7 Å². The largest absolute Gasteiger partial charge is 0.469 e. The van der Waals surface area contributed by atoms with E-state index in [2.05, 4.69) is 4.74 Å². The average molecular weight is 513 g/mol. The molecule has 0 aromatic heterocycles. The van der Waals surface area contributed by atoms with Gasteiger partial charge in [0.1, 0.15) is 17.8 Å². The van der Waals surface area contributed by atoms with Gasteiger partial charge >= 0.3 is 17.9 Å². The Bertz CT molecular complexity index is 909. The van der Waals surface area contributed by atoms with Crippen molar-refractivity contribution in [2.45, 2.75) is 88.3 Å². The molecule has 1 saturated carbocycles. The molecule has 1 heterocycles. The minimum atomic E-state index is -1.75. The highest BCUT2D eigenvalue weighted by molar-refractivity contribution is 6.41. The van der Waals surface area contributed by atoms with E-state index in [0.717, 1.165) is 6.42 Å². The first-order valence-electron chi connectivity index (χ1n) is 11.6. The maximum absolute atomic E-state index is 13.0. The highest BCUT2D eigenvalue weighted by Gasteiger charge is 2.78. The zero-order valence-electron chi connectivity index (χ0n) is 20.5. The van der Waals surface area contributed by atoms with E-state index in [0.29, 0.717) is 6.42 Å². The SMILES string of the molecule is CC/C=C\C/C=C\C[C@]1(O)/C(=C\[C@H](OC(C)=O)[C@H](CCCC(=O)OC)OC(C)=O)C(=O)[C@]2(Cl)O[C@@H]21. The monoisotopic (exact) mass is 512 g/mol. The van der Waals surface area contributed by atoms with E-state index >= 15 is 0 Å². The van der Waals surface area contributed by atoms with E-state index in [-0.39, 0.29) is 31.3 Å². The van der Waals surface area contributed by atoms with Gasteiger partial charge < -0.3 is 24.1 Å². The molecule has 0 aromatic rings. The number of aliphatic hydroxyl groups is 1. The molecule has 0 bridgehead atoms. The van der Waals surface area contributed by atoms with Gasteiger partial charge in [-0.2, -0.15) is 0 Å². The number of hydrogen-bond donors (Lipinski definition) is 1. The van der Waals surface area contributed by atoms with Gasteiger partial charge in [-0.3, -0.25) is 19.2 Å². The summed E-state index contributed by atoms with van der Waals surface area (Å²) < 4.78 is 20.7. The van der Waals surface area contributed by atoms with E-state index in [1.165, 1.54) is 27.0 Å². The molecule has 2 fully saturated rings. The van der Waals surface area contributed by atoms with Crippen molar-refractivity contribution in [2.24, 2.45) is 0 Å². The van der Waals surface area contributed by atoms with Crippen LogP contribution >= 0.6 is 11.6 Å². The molecule has 35 heavy (non-hydrogen) atoms. The number of carbonyl (C=O) groups excluding carboxylic acids is 4. The molecule has 0 amide bonds. The summed E-state index contributed by atoms with van der Waals surface area (Å²) in [5.41, 5.74) is -1.83. The number of ether oxygens (including phenoxy) is 4. The van der Waals surface area contributed by atoms with E-state index in [1.54, 1.807) is 6.08 Å². The summed E-state index contributed by atoms with van der Waals surface area (Å²) >= 11 is 6.29. The lowest BCUT2D eigenvalue weighted by Gasteiger charge is -2.28. The standard InChI is InChI=1S/C25H33ClO9/c1-5-6-7-8-9-10-14-24(31)18(22(30)25(26)23(24)35-25)15-20(34-17(3)28)19(33-16(2)27)12-11-13-21(29)32-4/h6-7,9-10,15,19-20,23,31H,5,8,11-14H2,1-4H3/b7-6-,10-9-,18-15-/t19-,20-,23+,24-,25-/m0/s1. The first-order chi connectivity index (χ1) is 16.5. The van der Waals surface area contributed by atoms with Gasteiger partial charge in [0.25, 0.3) is 0 Å². The molecule has 10 heteroatoms. The summed E-state index contributed by atoms with van der Waals surface area (Å²) in [5.74, 6) is -2.41. The van der Waals surface area contributed by atoms with Crippen molar-refractivity contribution in [2.75, 3.05) is 7.11 Å². The molecule has 0 spiro atoms. The lowest BCUT2D eigenvalue weighted by molar-refractivity contribution is -0.162. The molecule has 194 valence electrons. The van der Waals surface area contributed by atoms with Gasteiger partial charge in [-0.05, 0) is 31.8 Å². The Morgan fingerprint density at radius 2 is 1.80 bits per heavy atom. The van der Waals surface area contributed by atoms with Gasteiger partial charge in [0.2, 0.25) is 10.8 Å². The maximum atomic E-state index is 13.0. The molecule has 5 atom stereocenters. The number of allylic oxidation sites excluding steroid dienone is 3. The number of carbonyl (C=O) groups is 4. The zero-order valence-corrected chi connectivity index (χ0v) is 21.2. The molecule has 2 rings (SSSR count). The smallest absolute Gasteiger partial charge is 0.305 e. The van der Waals surface area contributed by atoms with Gasteiger partial charge in [0.15, 0.2) is 6.10 Å². The number of epoxide rings is 1. The van der Waals surface area contributed by atoms with Gasteiger partial charge in [0, 0.05) is 32.3 Å². The molecule has 9 nitrogen and oxygen atoms in total. The third-order valence-corrected chi connectivity index (χ3v) is 6.17. The highest BCUT2D eigenvalue weighted by atomic mass is 35.5. The van der Waals surface area contributed by atoms with Gasteiger partial charge in [-0.1, -0.05) is 42.8 Å². The third-order valence-electron chi connectivity index (χ3n) is 5.71. The first kappa shape index (κ1) is 28.7. The van der Waals surface area contributed by atoms with E-state index in [4.69, 9.17) is 25.8 Å². The second kappa shape index (κ2) is 12.5. The first-order valence-corrected chi connectivity index (χ1v) is 11.9. The zero-order chi connectivity index (χ0) is 26.2. The minimum Gasteiger partial charge on any atom is -0.469 e. The molecule has 1 aliphatic carbocycles. The molecule has 0 unspecified atom stereocenters. The fraction of sp³-hybridized carbons (Fsp3) is 0.600. The second-order valence-electron chi connectivity index (χ2n) is 8.46. The third kappa shape index (κ3) is 7.25. The summed E-state index contributed by atoms with van der Waals surface area (Å²) in [7, 11) is 1.26. The van der Waals surface area contributed by atoms with Crippen molar-refractivity contribution in [3.8, 4) is 0 Å². The van der Waals surface area contributed by atoms with E-state index in [9.17, 15) is 24.3 Å². The molecule has 1 N–H and O–H groups in total. The molecule has 0 aromatic carbocycles. The summed E-state index contributed by atoms with van der Waals surface area (Å²) in [5, 5.41) is 9.77. The molecular weight excluding hydrogens is 480 g/mol. The Balaban J connectivity index is 2.34. The van der Waals surface area contributed by atoms with Crippen LogP contribution in [-0.4, -0.2) is 64.9 Å². The Morgan fingerprint density at radius 3 is 2.40 bits per heavy atom. The fourth-order valence-electron chi connectivity index (χ4n) is 4.00. The van der Waals surface area contributed by atoms with Crippen LogP contribution in [0.25, 0.3) is 0 Å². The molecule has 1 aliphatic heterocycles. The minimum absolute atomic E-state index is 0.0387. The van der Waals surface area contributed by atoms with Crippen LogP contribution < -0.4 is 0 Å². The average Bonchev–Trinajstić information content (AvgIpc) is 3.47. The fourth-order valence-corrected chi connectivity index (χ4v) is 4.37. The maximum Gasteiger partial charge on any atom is 0.305 e. The number of methoxy groups -OCH3 is 1. The number of esters is 3. The van der Waals surface area contributed by atoms with Crippen LogP contribution in [0.2, 0.25) is 0 Å².